The van der Waals surface area contributed by atoms with Crippen LogP contribution in [0.1, 0.15) is 25.8 Å². The quantitative estimate of drug-likeness (QED) is 0.729. The summed E-state index contributed by atoms with van der Waals surface area (Å²) in [6.07, 6.45) is 0.617. The Labute approximate surface area is 153 Å². The van der Waals surface area contributed by atoms with E-state index >= 15 is 0 Å². The largest absolute Gasteiger partial charge is 0.463 e. The van der Waals surface area contributed by atoms with Crippen molar-refractivity contribution in [2.45, 2.75) is 32.9 Å². The first-order valence-electron chi connectivity index (χ1n) is 8.35. The second-order valence-electron chi connectivity index (χ2n) is 5.97. The molecule has 0 bridgehead atoms. The van der Waals surface area contributed by atoms with Gasteiger partial charge in [-0.1, -0.05) is 30.7 Å². The van der Waals surface area contributed by atoms with E-state index in [1.165, 1.54) is 0 Å². The molecule has 1 atom stereocenters. The summed E-state index contributed by atoms with van der Waals surface area (Å²) in [6.45, 7) is 5.07. The highest BCUT2D eigenvalue weighted by atomic mass is 35.5. The van der Waals surface area contributed by atoms with Crippen LogP contribution in [0, 0.1) is 0 Å². The highest BCUT2D eigenvalue weighted by Crippen LogP contribution is 2.18. The highest BCUT2D eigenvalue weighted by Gasteiger charge is 2.31. The van der Waals surface area contributed by atoms with Crippen LogP contribution in [-0.4, -0.2) is 43.1 Å². The zero-order valence-corrected chi connectivity index (χ0v) is 15.5. The normalized spacial score (nSPS) is 17.3. The molecule has 2 rings (SSSR count). The number of likely N-dealkylation sites (N-methyl/N-ethyl adjacent to an activating group) is 1. The van der Waals surface area contributed by atoms with Crippen molar-refractivity contribution >= 4 is 23.6 Å². The molecule has 0 fully saturated rings. The fraction of sp³-hybridized carbons (Fsp3) is 0.444. The molecule has 1 aliphatic rings. The number of halogens is 1. The molecule has 136 valence electrons. The molecule has 2 amide bonds. The molecule has 0 radical (unpaired) electrons. The molecule has 1 aromatic carbocycles. The average molecular weight is 366 g/mol. The SMILES string of the molecule is CCOC(=O)C1=C(CN(C)Cc2ccc(Cl)cc2)NC(=O)NC1CC. The molecule has 1 heterocycles. The van der Waals surface area contributed by atoms with Gasteiger partial charge in [-0.2, -0.15) is 0 Å². The summed E-state index contributed by atoms with van der Waals surface area (Å²) in [4.78, 5) is 26.3. The van der Waals surface area contributed by atoms with E-state index in [9.17, 15) is 9.59 Å². The molecule has 6 nitrogen and oxygen atoms in total. The number of nitrogens with one attached hydrogen (secondary N) is 2. The molecule has 0 saturated carbocycles. The Morgan fingerprint density at radius 3 is 2.52 bits per heavy atom. The Morgan fingerprint density at radius 1 is 1.24 bits per heavy atom. The number of hydrogen-bond donors (Lipinski definition) is 2. The van der Waals surface area contributed by atoms with Gasteiger partial charge in [0.15, 0.2) is 0 Å². The third kappa shape index (κ3) is 5.21. The van der Waals surface area contributed by atoms with Gasteiger partial charge in [0.1, 0.15) is 0 Å². The predicted molar refractivity (Wildman–Crippen MR) is 97.2 cm³/mol. The van der Waals surface area contributed by atoms with Crippen LogP contribution < -0.4 is 10.6 Å². The monoisotopic (exact) mass is 365 g/mol. The van der Waals surface area contributed by atoms with Gasteiger partial charge in [-0.05, 0) is 38.1 Å². The lowest BCUT2D eigenvalue weighted by Gasteiger charge is -2.30. The Kier molecular flexibility index (Phi) is 6.84. The molecule has 0 aliphatic carbocycles. The number of urea groups is 1. The molecule has 1 aromatic rings. The summed E-state index contributed by atoms with van der Waals surface area (Å²) in [6, 6.07) is 6.95. The van der Waals surface area contributed by atoms with Gasteiger partial charge in [0.25, 0.3) is 0 Å². The molecule has 0 spiro atoms. The van der Waals surface area contributed by atoms with Gasteiger partial charge in [0, 0.05) is 23.8 Å². The number of esters is 1. The van der Waals surface area contributed by atoms with Crippen LogP contribution in [0.25, 0.3) is 0 Å². The predicted octanol–water partition coefficient (Wildman–Crippen LogP) is 2.68. The van der Waals surface area contributed by atoms with E-state index in [1.807, 2.05) is 43.1 Å². The zero-order valence-electron chi connectivity index (χ0n) is 14.8. The van der Waals surface area contributed by atoms with Crippen molar-refractivity contribution < 1.29 is 14.3 Å². The third-order valence-electron chi connectivity index (χ3n) is 3.94. The summed E-state index contributed by atoms with van der Waals surface area (Å²) in [5.74, 6) is -0.392. The first-order valence-corrected chi connectivity index (χ1v) is 8.73. The van der Waals surface area contributed by atoms with E-state index in [2.05, 4.69) is 10.6 Å². The number of benzene rings is 1. The molecule has 0 aromatic heterocycles. The topological polar surface area (TPSA) is 70.7 Å². The van der Waals surface area contributed by atoms with Gasteiger partial charge in [0.05, 0.1) is 18.2 Å². The first-order chi connectivity index (χ1) is 11.9. The number of nitrogens with zero attached hydrogens (tertiary/aromatic N) is 1. The molecule has 1 unspecified atom stereocenters. The van der Waals surface area contributed by atoms with Crippen LogP contribution in [0.2, 0.25) is 5.02 Å². The lowest BCUT2D eigenvalue weighted by atomic mass is 10.00. The van der Waals surface area contributed by atoms with Crippen LogP contribution >= 0.6 is 11.6 Å². The van der Waals surface area contributed by atoms with Gasteiger partial charge in [-0.25, -0.2) is 9.59 Å². The second kappa shape index (κ2) is 8.87. The van der Waals surface area contributed by atoms with Crippen LogP contribution in [0.4, 0.5) is 4.79 Å². The maximum absolute atomic E-state index is 12.4. The maximum Gasteiger partial charge on any atom is 0.337 e. The molecular formula is C18H24ClN3O3. The van der Waals surface area contributed by atoms with Crippen LogP contribution in [0.3, 0.4) is 0 Å². The summed E-state index contributed by atoms with van der Waals surface area (Å²) in [5, 5.41) is 6.22. The van der Waals surface area contributed by atoms with Gasteiger partial charge >= 0.3 is 12.0 Å². The minimum Gasteiger partial charge on any atom is -0.463 e. The molecule has 1 aliphatic heterocycles. The van der Waals surface area contributed by atoms with Gasteiger partial charge in [0.2, 0.25) is 0 Å². The second-order valence-corrected chi connectivity index (χ2v) is 6.41. The maximum atomic E-state index is 12.4. The summed E-state index contributed by atoms with van der Waals surface area (Å²) < 4.78 is 5.17. The van der Waals surface area contributed by atoms with Crippen LogP contribution in [-0.2, 0) is 16.1 Å². The minimum absolute atomic E-state index is 0.292. The average Bonchev–Trinajstić information content (AvgIpc) is 2.56. The van der Waals surface area contributed by atoms with Crippen molar-refractivity contribution in [1.29, 1.82) is 0 Å². The number of ether oxygens (including phenoxy) is 1. The molecule has 7 heteroatoms. The molecule has 2 N–H and O–H groups in total. The fourth-order valence-corrected chi connectivity index (χ4v) is 2.94. The van der Waals surface area contributed by atoms with Crippen LogP contribution in [0.5, 0.6) is 0 Å². The van der Waals surface area contributed by atoms with E-state index in [0.29, 0.717) is 42.4 Å². The van der Waals surface area contributed by atoms with Crippen molar-refractivity contribution in [3.8, 4) is 0 Å². The fourth-order valence-electron chi connectivity index (χ4n) is 2.81. The van der Waals surface area contributed by atoms with E-state index in [-0.39, 0.29) is 12.1 Å². The minimum atomic E-state index is -0.392. The van der Waals surface area contributed by atoms with Gasteiger partial charge in [-0.15, -0.1) is 0 Å². The lowest BCUT2D eigenvalue weighted by molar-refractivity contribution is -0.139. The van der Waals surface area contributed by atoms with E-state index in [0.717, 1.165) is 5.56 Å². The van der Waals surface area contributed by atoms with Crippen LogP contribution in [0.15, 0.2) is 35.5 Å². The molecular weight excluding hydrogens is 342 g/mol. The van der Waals surface area contributed by atoms with Gasteiger partial charge in [-0.3, -0.25) is 4.90 Å². The third-order valence-corrected chi connectivity index (χ3v) is 4.19. The Hall–Kier alpha value is -2.05. The van der Waals surface area contributed by atoms with Crippen molar-refractivity contribution in [2.24, 2.45) is 0 Å². The summed E-state index contributed by atoms with van der Waals surface area (Å²) >= 11 is 5.91. The zero-order chi connectivity index (χ0) is 18.4. The Balaban J connectivity index is 2.19. The summed E-state index contributed by atoms with van der Waals surface area (Å²) in [7, 11) is 1.93. The smallest absolute Gasteiger partial charge is 0.337 e. The summed E-state index contributed by atoms with van der Waals surface area (Å²) in [5.41, 5.74) is 2.18. The number of carbonyl (C=O) groups is 2. The van der Waals surface area contributed by atoms with Crippen molar-refractivity contribution in [2.75, 3.05) is 20.2 Å². The number of rotatable bonds is 7. The standard InChI is InChI=1S/C18H24ClN3O3/c1-4-14-16(17(23)25-5-2)15(21-18(24)20-14)11-22(3)10-12-6-8-13(19)9-7-12/h6-9,14H,4-5,10-11H2,1-3H3,(H2,20,21,24). The van der Waals surface area contributed by atoms with Crippen molar-refractivity contribution in [3.63, 3.8) is 0 Å². The number of amides is 2. The van der Waals surface area contributed by atoms with E-state index in [1.54, 1.807) is 6.92 Å². The van der Waals surface area contributed by atoms with Crippen molar-refractivity contribution in [1.82, 2.24) is 15.5 Å². The Bertz CT molecular complexity index is 658. The number of carbonyl (C=O) groups excluding carboxylic acids is 2. The van der Waals surface area contributed by atoms with Gasteiger partial charge < -0.3 is 15.4 Å². The number of hydrogen-bond acceptors (Lipinski definition) is 4. The highest BCUT2D eigenvalue weighted by molar-refractivity contribution is 6.30. The first kappa shape index (κ1) is 19.3. The lowest BCUT2D eigenvalue weighted by Crippen LogP contribution is -2.51. The van der Waals surface area contributed by atoms with E-state index < -0.39 is 5.97 Å². The molecule has 0 saturated heterocycles. The Morgan fingerprint density at radius 2 is 1.92 bits per heavy atom. The molecule has 25 heavy (non-hydrogen) atoms. The van der Waals surface area contributed by atoms with E-state index in [4.69, 9.17) is 16.3 Å². The van der Waals surface area contributed by atoms with Crippen molar-refractivity contribution in [3.05, 3.63) is 46.1 Å².